The number of carbonyl (C=O) groups excluding carboxylic acids is 2. The van der Waals surface area contributed by atoms with Crippen molar-refractivity contribution in [3.05, 3.63) is 35.9 Å². The number of nitrogens with zero attached hydrogens (tertiary/aromatic N) is 1. The summed E-state index contributed by atoms with van der Waals surface area (Å²) in [4.78, 5) is 26.1. The Morgan fingerprint density at radius 2 is 1.88 bits per heavy atom. The molecule has 0 aliphatic carbocycles. The Morgan fingerprint density at radius 3 is 2.48 bits per heavy atom. The number of ether oxygens (including phenoxy) is 2. The molecule has 2 atom stereocenters. The Bertz CT molecular complexity index is 579. The standard InChI is InChI=1S/C20H29NO4/c1-5-24-18(22)12-11-17-13-16(15-9-7-6-8-10-15)14-21(17)19(23)25-20(2,3)4/h6-10,16-17H,5,11-14H2,1-4H3/t16-,17-/m1/s1. The normalized spacial score (nSPS) is 20.4. The minimum absolute atomic E-state index is 0.00976. The number of esters is 1. The SMILES string of the molecule is CCOC(=O)CC[C@@H]1C[C@@H](c2ccccc2)CN1C(=O)OC(C)(C)C. The van der Waals surface area contributed by atoms with Crippen molar-refractivity contribution in [2.24, 2.45) is 0 Å². The van der Waals surface area contributed by atoms with Gasteiger partial charge in [0.05, 0.1) is 6.61 Å². The van der Waals surface area contributed by atoms with Crippen molar-refractivity contribution in [3.8, 4) is 0 Å². The van der Waals surface area contributed by atoms with Gasteiger partial charge in [-0.25, -0.2) is 4.79 Å². The van der Waals surface area contributed by atoms with Crippen LogP contribution in [0.1, 0.15) is 58.4 Å². The number of carbonyl (C=O) groups is 2. The van der Waals surface area contributed by atoms with Crippen LogP contribution in [0, 0.1) is 0 Å². The molecule has 0 radical (unpaired) electrons. The topological polar surface area (TPSA) is 55.8 Å². The van der Waals surface area contributed by atoms with Gasteiger partial charge in [-0.3, -0.25) is 4.79 Å². The third-order valence-electron chi connectivity index (χ3n) is 4.30. The van der Waals surface area contributed by atoms with Gasteiger partial charge < -0.3 is 14.4 Å². The molecule has 1 aliphatic heterocycles. The van der Waals surface area contributed by atoms with Crippen molar-refractivity contribution < 1.29 is 19.1 Å². The lowest BCUT2D eigenvalue weighted by molar-refractivity contribution is -0.143. The van der Waals surface area contributed by atoms with Gasteiger partial charge in [0, 0.05) is 24.9 Å². The van der Waals surface area contributed by atoms with E-state index in [1.54, 1.807) is 11.8 Å². The van der Waals surface area contributed by atoms with Crippen LogP contribution in [0.25, 0.3) is 0 Å². The summed E-state index contributed by atoms with van der Waals surface area (Å²) in [6.45, 7) is 8.39. The largest absolute Gasteiger partial charge is 0.466 e. The zero-order valence-corrected chi connectivity index (χ0v) is 15.7. The summed E-state index contributed by atoms with van der Waals surface area (Å²) in [7, 11) is 0. The second-order valence-corrected chi connectivity index (χ2v) is 7.47. The summed E-state index contributed by atoms with van der Waals surface area (Å²) in [5.74, 6) is 0.0516. The number of amides is 1. The van der Waals surface area contributed by atoms with Crippen molar-refractivity contribution in [1.82, 2.24) is 4.90 Å². The molecule has 138 valence electrons. The summed E-state index contributed by atoms with van der Waals surface area (Å²) in [5.41, 5.74) is 0.683. The van der Waals surface area contributed by atoms with E-state index < -0.39 is 5.60 Å². The lowest BCUT2D eigenvalue weighted by Crippen LogP contribution is -2.40. The number of hydrogen-bond acceptors (Lipinski definition) is 4. The fourth-order valence-corrected chi connectivity index (χ4v) is 3.22. The van der Waals surface area contributed by atoms with Crippen LogP contribution in [0.5, 0.6) is 0 Å². The average molecular weight is 347 g/mol. The highest BCUT2D eigenvalue weighted by Gasteiger charge is 2.38. The number of rotatable bonds is 5. The molecule has 2 rings (SSSR count). The predicted octanol–water partition coefficient (Wildman–Crippen LogP) is 4.12. The van der Waals surface area contributed by atoms with E-state index in [1.165, 1.54) is 5.56 Å². The van der Waals surface area contributed by atoms with Crippen LogP contribution in [-0.2, 0) is 14.3 Å². The molecule has 1 aromatic rings. The highest BCUT2D eigenvalue weighted by Crippen LogP contribution is 2.34. The minimum Gasteiger partial charge on any atom is -0.466 e. The van der Waals surface area contributed by atoms with E-state index in [4.69, 9.17) is 9.47 Å². The van der Waals surface area contributed by atoms with E-state index in [2.05, 4.69) is 12.1 Å². The predicted molar refractivity (Wildman–Crippen MR) is 96.4 cm³/mol. The first-order valence-corrected chi connectivity index (χ1v) is 9.00. The highest BCUT2D eigenvalue weighted by molar-refractivity contribution is 5.71. The maximum atomic E-state index is 12.6. The first-order valence-electron chi connectivity index (χ1n) is 9.00. The average Bonchev–Trinajstić information content (AvgIpc) is 2.97. The zero-order valence-electron chi connectivity index (χ0n) is 15.7. The number of benzene rings is 1. The summed E-state index contributed by atoms with van der Waals surface area (Å²) in [6, 6.07) is 10.2. The molecule has 1 fully saturated rings. The maximum Gasteiger partial charge on any atom is 0.410 e. The molecule has 5 nitrogen and oxygen atoms in total. The molecule has 1 aromatic carbocycles. The van der Waals surface area contributed by atoms with Crippen LogP contribution < -0.4 is 0 Å². The Balaban J connectivity index is 2.08. The highest BCUT2D eigenvalue weighted by atomic mass is 16.6. The van der Waals surface area contributed by atoms with Gasteiger partial charge in [-0.15, -0.1) is 0 Å². The molecule has 1 aliphatic rings. The number of likely N-dealkylation sites (tertiary alicyclic amines) is 1. The maximum absolute atomic E-state index is 12.6. The van der Waals surface area contributed by atoms with E-state index in [0.717, 1.165) is 6.42 Å². The Hall–Kier alpha value is -2.04. The lowest BCUT2D eigenvalue weighted by atomic mass is 9.95. The first kappa shape index (κ1) is 19.3. The number of hydrogen-bond donors (Lipinski definition) is 0. The molecule has 1 amide bonds. The van der Waals surface area contributed by atoms with Gasteiger partial charge in [0.25, 0.3) is 0 Å². The quantitative estimate of drug-likeness (QED) is 0.752. The van der Waals surface area contributed by atoms with Gasteiger partial charge in [-0.2, -0.15) is 0 Å². The smallest absolute Gasteiger partial charge is 0.410 e. The van der Waals surface area contributed by atoms with Gasteiger partial charge in [-0.05, 0) is 46.1 Å². The molecule has 5 heteroatoms. The summed E-state index contributed by atoms with van der Waals surface area (Å²) in [5, 5.41) is 0. The van der Waals surface area contributed by atoms with E-state index in [9.17, 15) is 9.59 Å². The Kier molecular flexibility index (Phi) is 6.45. The molecule has 0 spiro atoms. The molecule has 0 bridgehead atoms. The minimum atomic E-state index is -0.534. The van der Waals surface area contributed by atoms with Crippen LogP contribution >= 0.6 is 0 Å². The summed E-state index contributed by atoms with van der Waals surface area (Å²) in [6.07, 6.45) is 1.45. The van der Waals surface area contributed by atoms with Crippen LogP contribution in [0.15, 0.2) is 30.3 Å². The van der Waals surface area contributed by atoms with Crippen LogP contribution in [-0.4, -0.2) is 41.8 Å². The van der Waals surface area contributed by atoms with Crippen molar-refractivity contribution in [3.63, 3.8) is 0 Å². The van der Waals surface area contributed by atoms with Crippen LogP contribution in [0.3, 0.4) is 0 Å². The second-order valence-electron chi connectivity index (χ2n) is 7.47. The third kappa shape index (κ3) is 5.76. The molecular formula is C20H29NO4. The van der Waals surface area contributed by atoms with E-state index in [-0.39, 0.29) is 24.0 Å². The molecule has 0 N–H and O–H groups in total. The monoisotopic (exact) mass is 347 g/mol. The van der Waals surface area contributed by atoms with Crippen LogP contribution in [0.2, 0.25) is 0 Å². The third-order valence-corrected chi connectivity index (χ3v) is 4.30. The van der Waals surface area contributed by atoms with Crippen molar-refractivity contribution >= 4 is 12.1 Å². The fraction of sp³-hybridized carbons (Fsp3) is 0.600. The van der Waals surface area contributed by atoms with Crippen molar-refractivity contribution in [2.75, 3.05) is 13.2 Å². The lowest BCUT2D eigenvalue weighted by Gasteiger charge is -2.28. The Morgan fingerprint density at radius 1 is 1.20 bits per heavy atom. The van der Waals surface area contributed by atoms with Gasteiger partial charge in [0.2, 0.25) is 0 Å². The van der Waals surface area contributed by atoms with Crippen LogP contribution in [0.4, 0.5) is 4.79 Å². The van der Waals surface area contributed by atoms with E-state index >= 15 is 0 Å². The second kappa shape index (κ2) is 8.37. The molecule has 1 saturated heterocycles. The molecule has 0 aromatic heterocycles. The van der Waals surface area contributed by atoms with Gasteiger partial charge in [0.15, 0.2) is 0 Å². The molecular weight excluding hydrogens is 318 g/mol. The summed E-state index contributed by atoms with van der Waals surface area (Å²) >= 11 is 0. The van der Waals surface area contributed by atoms with Gasteiger partial charge in [0.1, 0.15) is 5.60 Å². The fourth-order valence-electron chi connectivity index (χ4n) is 3.22. The van der Waals surface area contributed by atoms with Gasteiger partial charge in [-0.1, -0.05) is 30.3 Å². The summed E-state index contributed by atoms with van der Waals surface area (Å²) < 4.78 is 10.6. The first-order chi connectivity index (χ1) is 11.8. The zero-order chi connectivity index (χ0) is 18.4. The Labute approximate surface area is 150 Å². The van der Waals surface area contributed by atoms with Gasteiger partial charge >= 0.3 is 12.1 Å². The van der Waals surface area contributed by atoms with Crippen molar-refractivity contribution in [2.45, 2.75) is 64.5 Å². The van der Waals surface area contributed by atoms with E-state index in [1.807, 2.05) is 39.0 Å². The molecule has 0 saturated carbocycles. The molecule has 25 heavy (non-hydrogen) atoms. The molecule has 0 unspecified atom stereocenters. The van der Waals surface area contributed by atoms with Crippen molar-refractivity contribution in [1.29, 1.82) is 0 Å². The molecule has 1 heterocycles. The van der Waals surface area contributed by atoms with E-state index in [0.29, 0.717) is 26.0 Å².